The van der Waals surface area contributed by atoms with Gasteiger partial charge in [0.05, 0.1) is 29.5 Å². The lowest BCUT2D eigenvalue weighted by molar-refractivity contribution is -0.148. The molecule has 0 aliphatic heterocycles. The van der Waals surface area contributed by atoms with Crippen LogP contribution in [0, 0.1) is 5.92 Å². The van der Waals surface area contributed by atoms with Crippen molar-refractivity contribution in [3.05, 3.63) is 27.7 Å². The van der Waals surface area contributed by atoms with Gasteiger partial charge in [0.1, 0.15) is 5.78 Å². The largest absolute Gasteiger partial charge is 0.465 e. The van der Waals surface area contributed by atoms with Crippen molar-refractivity contribution in [1.82, 2.24) is 0 Å². The van der Waals surface area contributed by atoms with Crippen LogP contribution >= 0.6 is 23.2 Å². The van der Waals surface area contributed by atoms with E-state index in [0.717, 1.165) is 6.21 Å². The smallest absolute Gasteiger partial charge is 0.339 e. The molecule has 0 radical (unpaired) electrons. The van der Waals surface area contributed by atoms with Gasteiger partial charge in [-0.2, -0.15) is 0 Å². The molecule has 0 saturated heterocycles. The van der Waals surface area contributed by atoms with Gasteiger partial charge in [-0.15, -0.1) is 0 Å². The lowest BCUT2D eigenvalue weighted by Crippen LogP contribution is -2.25. The molecular formula is C18H21Cl2NO5. The zero-order chi connectivity index (χ0) is 19.7. The number of nitrogens with zero attached hydrogens (tertiary/aromatic N) is 1. The molecule has 0 aromatic heterocycles. The number of aliphatic imine (C=N–C) groups is 1. The summed E-state index contributed by atoms with van der Waals surface area (Å²) in [5, 5.41) is 0.244. The van der Waals surface area contributed by atoms with Crippen molar-refractivity contribution in [3.8, 4) is 0 Å². The Morgan fingerprint density at radius 3 is 2.31 bits per heavy atom. The van der Waals surface area contributed by atoms with E-state index in [1.54, 1.807) is 0 Å². The molecule has 1 atom stereocenters. The molecule has 1 unspecified atom stereocenters. The number of hydrogen-bond donors (Lipinski definition) is 0. The predicted molar refractivity (Wildman–Crippen MR) is 101 cm³/mol. The highest BCUT2D eigenvalue weighted by Gasteiger charge is 2.23. The molecular weight excluding hydrogens is 381 g/mol. The molecule has 1 rings (SSSR count). The van der Waals surface area contributed by atoms with Crippen molar-refractivity contribution in [1.29, 1.82) is 0 Å². The number of hydrogen-bond acceptors (Lipinski definition) is 6. The van der Waals surface area contributed by atoms with Crippen LogP contribution < -0.4 is 0 Å². The molecule has 8 heteroatoms. The van der Waals surface area contributed by atoms with Crippen molar-refractivity contribution in [2.45, 2.75) is 33.6 Å². The van der Waals surface area contributed by atoms with Gasteiger partial charge < -0.3 is 9.47 Å². The molecule has 142 valence electrons. The van der Waals surface area contributed by atoms with Crippen LogP contribution in [0.2, 0.25) is 10.0 Å². The van der Waals surface area contributed by atoms with Crippen LogP contribution in [0.3, 0.4) is 0 Å². The molecule has 0 spiro atoms. The highest BCUT2D eigenvalue weighted by molar-refractivity contribution is 6.38. The van der Waals surface area contributed by atoms with E-state index in [9.17, 15) is 14.4 Å². The topological polar surface area (TPSA) is 82.0 Å². The van der Waals surface area contributed by atoms with Gasteiger partial charge in [0.2, 0.25) is 0 Å². The molecule has 26 heavy (non-hydrogen) atoms. The SMILES string of the molecule is CCCOC(=O)c1cc(Cl)cc(N=CC(C(C)=O)C(=O)OCCC)c1Cl. The lowest BCUT2D eigenvalue weighted by atomic mass is 10.1. The zero-order valence-corrected chi connectivity index (χ0v) is 16.4. The Morgan fingerprint density at radius 1 is 1.12 bits per heavy atom. The number of rotatable bonds is 9. The summed E-state index contributed by atoms with van der Waals surface area (Å²) in [5.41, 5.74) is 0.213. The van der Waals surface area contributed by atoms with Gasteiger partial charge >= 0.3 is 11.9 Å². The van der Waals surface area contributed by atoms with Gasteiger partial charge in [-0.05, 0) is 31.9 Å². The predicted octanol–water partition coefficient (Wildman–Crippen LogP) is 4.42. The number of esters is 2. The first-order chi connectivity index (χ1) is 12.3. The van der Waals surface area contributed by atoms with E-state index < -0.39 is 23.6 Å². The minimum atomic E-state index is -1.16. The molecule has 0 aliphatic carbocycles. The van der Waals surface area contributed by atoms with E-state index in [1.807, 2.05) is 13.8 Å². The number of benzene rings is 1. The van der Waals surface area contributed by atoms with Crippen LogP contribution in [0.15, 0.2) is 17.1 Å². The second-order valence-electron chi connectivity index (χ2n) is 5.46. The first-order valence-electron chi connectivity index (χ1n) is 8.19. The van der Waals surface area contributed by atoms with E-state index in [4.69, 9.17) is 32.7 Å². The van der Waals surface area contributed by atoms with Gasteiger partial charge in [0.25, 0.3) is 0 Å². The lowest BCUT2D eigenvalue weighted by Gasteiger charge is -2.10. The van der Waals surface area contributed by atoms with Crippen LogP contribution in [0.25, 0.3) is 0 Å². The number of Topliss-reactive ketones (excluding diaryl/α,β-unsaturated/α-hetero) is 1. The molecule has 0 fully saturated rings. The maximum Gasteiger partial charge on any atom is 0.339 e. The number of halogens is 2. The molecule has 0 bridgehead atoms. The van der Waals surface area contributed by atoms with Crippen molar-refractivity contribution >= 4 is 52.8 Å². The molecule has 1 aromatic carbocycles. The van der Waals surface area contributed by atoms with E-state index >= 15 is 0 Å². The normalized spacial score (nSPS) is 12.0. The highest BCUT2D eigenvalue weighted by Crippen LogP contribution is 2.33. The molecule has 0 N–H and O–H groups in total. The van der Waals surface area contributed by atoms with E-state index in [1.165, 1.54) is 19.1 Å². The molecule has 0 saturated carbocycles. The molecule has 0 aliphatic rings. The summed E-state index contributed by atoms with van der Waals surface area (Å²) in [4.78, 5) is 39.8. The van der Waals surface area contributed by atoms with Crippen LogP contribution in [-0.2, 0) is 19.1 Å². The number of ether oxygens (including phenoxy) is 2. The summed E-state index contributed by atoms with van der Waals surface area (Å²) in [5.74, 6) is -2.90. The fraction of sp³-hybridized carbons (Fsp3) is 0.444. The molecule has 6 nitrogen and oxygen atoms in total. The number of carbonyl (C=O) groups is 3. The average Bonchev–Trinajstić information content (AvgIpc) is 2.60. The maximum atomic E-state index is 12.1. The Morgan fingerprint density at radius 2 is 1.73 bits per heavy atom. The van der Waals surface area contributed by atoms with E-state index in [2.05, 4.69) is 4.99 Å². The molecule has 0 heterocycles. The Bertz CT molecular complexity index is 703. The summed E-state index contributed by atoms with van der Waals surface area (Å²) in [7, 11) is 0. The molecule has 1 aromatic rings. The minimum Gasteiger partial charge on any atom is -0.465 e. The van der Waals surface area contributed by atoms with Crippen LogP contribution in [-0.4, -0.2) is 37.2 Å². The first-order valence-corrected chi connectivity index (χ1v) is 8.94. The van der Waals surface area contributed by atoms with E-state index in [-0.39, 0.29) is 34.5 Å². The van der Waals surface area contributed by atoms with Crippen LogP contribution in [0.4, 0.5) is 5.69 Å². The van der Waals surface area contributed by atoms with Crippen molar-refractivity contribution in [3.63, 3.8) is 0 Å². The van der Waals surface area contributed by atoms with Gasteiger partial charge in [-0.25, -0.2) is 4.79 Å². The second-order valence-corrected chi connectivity index (χ2v) is 6.27. The Labute approximate surface area is 162 Å². The first kappa shape index (κ1) is 22.1. The quantitative estimate of drug-likeness (QED) is 0.347. The summed E-state index contributed by atoms with van der Waals surface area (Å²) in [6.07, 6.45) is 2.44. The van der Waals surface area contributed by atoms with E-state index in [0.29, 0.717) is 12.8 Å². The number of carbonyl (C=O) groups excluding carboxylic acids is 3. The third-order valence-electron chi connectivity index (χ3n) is 3.18. The Kier molecular flexibility index (Phi) is 9.30. The van der Waals surface area contributed by atoms with Crippen LogP contribution in [0.5, 0.6) is 0 Å². The van der Waals surface area contributed by atoms with Gasteiger partial charge in [-0.3, -0.25) is 14.6 Å². The summed E-state index contributed by atoms with van der Waals surface area (Å²) >= 11 is 12.2. The third kappa shape index (κ3) is 6.42. The summed E-state index contributed by atoms with van der Waals surface area (Å²) in [6.45, 7) is 5.42. The standard InChI is InChI=1S/C18H21Cl2NO5/c1-4-6-25-17(23)13-8-12(19)9-15(16(13)20)21-10-14(11(3)22)18(24)26-7-5-2/h8-10,14H,4-7H2,1-3H3. The van der Waals surface area contributed by atoms with Gasteiger partial charge in [0, 0.05) is 11.2 Å². The summed E-state index contributed by atoms with van der Waals surface area (Å²) < 4.78 is 10.0. The zero-order valence-electron chi connectivity index (χ0n) is 14.9. The fourth-order valence-corrected chi connectivity index (χ4v) is 2.32. The fourth-order valence-electron chi connectivity index (χ4n) is 1.87. The molecule has 0 amide bonds. The van der Waals surface area contributed by atoms with Crippen molar-refractivity contribution in [2.75, 3.05) is 13.2 Å². The third-order valence-corrected chi connectivity index (χ3v) is 3.79. The van der Waals surface area contributed by atoms with Gasteiger partial charge in [-0.1, -0.05) is 37.0 Å². The van der Waals surface area contributed by atoms with Gasteiger partial charge in [0.15, 0.2) is 5.92 Å². The van der Waals surface area contributed by atoms with Crippen LogP contribution in [0.1, 0.15) is 44.0 Å². The van der Waals surface area contributed by atoms with Crippen molar-refractivity contribution < 1.29 is 23.9 Å². The average molecular weight is 402 g/mol. The number of ketones is 1. The van der Waals surface area contributed by atoms with Crippen molar-refractivity contribution in [2.24, 2.45) is 10.9 Å². The second kappa shape index (κ2) is 10.9. The monoisotopic (exact) mass is 401 g/mol. The highest BCUT2D eigenvalue weighted by atomic mass is 35.5. The maximum absolute atomic E-state index is 12.1. The Hall–Kier alpha value is -1.92. The Balaban J connectivity index is 3.12. The minimum absolute atomic E-state index is 0.0241. The summed E-state index contributed by atoms with van der Waals surface area (Å²) in [6, 6.07) is 2.80.